The molecule has 22 heavy (non-hydrogen) atoms. The molecule has 0 aliphatic heterocycles. The molecule has 0 radical (unpaired) electrons. The fourth-order valence-corrected chi connectivity index (χ4v) is 3.38. The lowest BCUT2D eigenvalue weighted by molar-refractivity contribution is 0.195. The quantitative estimate of drug-likeness (QED) is 0.686. The minimum absolute atomic E-state index is 0.643. The van der Waals surface area contributed by atoms with Gasteiger partial charge in [-0.05, 0) is 62.0 Å². The van der Waals surface area contributed by atoms with Crippen LogP contribution in [0.2, 0.25) is 0 Å². The number of nitrogens with zero attached hydrogens (tertiary/aromatic N) is 1. The van der Waals surface area contributed by atoms with E-state index in [0.717, 1.165) is 24.3 Å². The number of rotatable bonds is 9. The Morgan fingerprint density at radius 3 is 1.73 bits per heavy atom. The second-order valence-electron chi connectivity index (χ2n) is 6.28. The van der Waals surface area contributed by atoms with Gasteiger partial charge in [-0.15, -0.1) is 0 Å². The number of hydrogen-bond donors (Lipinski definition) is 0. The van der Waals surface area contributed by atoms with Crippen LogP contribution in [0.1, 0.15) is 50.7 Å². The second-order valence-corrected chi connectivity index (χ2v) is 6.28. The van der Waals surface area contributed by atoms with E-state index in [1.807, 2.05) is 0 Å². The first kappa shape index (κ1) is 17.1. The van der Waals surface area contributed by atoms with Gasteiger partial charge in [-0.25, -0.2) is 0 Å². The largest absolute Gasteiger partial charge is 0.493 e. The van der Waals surface area contributed by atoms with E-state index < -0.39 is 0 Å². The molecule has 0 N–H and O–H groups in total. The van der Waals surface area contributed by atoms with Gasteiger partial charge in [0.2, 0.25) is 0 Å². The van der Waals surface area contributed by atoms with Crippen LogP contribution in [-0.2, 0) is 12.8 Å². The highest BCUT2D eigenvalue weighted by Gasteiger charge is 2.27. The summed E-state index contributed by atoms with van der Waals surface area (Å²) in [6.07, 6.45) is 7.41. The van der Waals surface area contributed by atoms with Crippen LogP contribution in [0.5, 0.6) is 11.5 Å². The van der Waals surface area contributed by atoms with Crippen LogP contribution in [-0.4, -0.2) is 38.3 Å². The van der Waals surface area contributed by atoms with Crippen LogP contribution in [0.3, 0.4) is 0 Å². The molecule has 0 atom stereocenters. The third kappa shape index (κ3) is 3.95. The van der Waals surface area contributed by atoms with E-state index in [1.54, 1.807) is 14.2 Å². The number of methoxy groups -OCH3 is 2. The maximum absolute atomic E-state index is 5.45. The Labute approximate surface area is 135 Å². The Morgan fingerprint density at radius 2 is 1.36 bits per heavy atom. The number of unbranched alkanes of at least 4 members (excludes halogenated alkanes) is 2. The minimum Gasteiger partial charge on any atom is -0.493 e. The molecule has 0 amide bonds. The predicted molar refractivity (Wildman–Crippen MR) is 92.1 cm³/mol. The van der Waals surface area contributed by atoms with E-state index >= 15 is 0 Å². The van der Waals surface area contributed by atoms with Gasteiger partial charge >= 0.3 is 0 Å². The average Bonchev–Trinajstić information content (AvgIpc) is 2.96. The number of ether oxygens (including phenoxy) is 2. The molecule has 124 valence electrons. The summed E-state index contributed by atoms with van der Waals surface area (Å²) in [6, 6.07) is 4.99. The van der Waals surface area contributed by atoms with Gasteiger partial charge in [0.15, 0.2) is 11.5 Å². The summed E-state index contributed by atoms with van der Waals surface area (Å²) >= 11 is 0. The third-order valence-corrected chi connectivity index (χ3v) is 4.73. The third-order valence-electron chi connectivity index (χ3n) is 4.73. The first-order chi connectivity index (χ1) is 10.7. The van der Waals surface area contributed by atoms with E-state index in [0.29, 0.717) is 6.04 Å². The lowest BCUT2D eigenvalue weighted by Crippen LogP contribution is -2.37. The molecule has 0 saturated carbocycles. The van der Waals surface area contributed by atoms with Crippen molar-refractivity contribution in [2.75, 3.05) is 27.3 Å². The molecule has 1 aromatic carbocycles. The molecular weight excluding hydrogens is 274 g/mol. The summed E-state index contributed by atoms with van der Waals surface area (Å²) in [5.74, 6) is 1.71. The zero-order valence-corrected chi connectivity index (χ0v) is 14.7. The van der Waals surface area contributed by atoms with Gasteiger partial charge in [0.05, 0.1) is 14.2 Å². The van der Waals surface area contributed by atoms with Crippen molar-refractivity contribution in [1.29, 1.82) is 0 Å². The Hall–Kier alpha value is -1.22. The monoisotopic (exact) mass is 305 g/mol. The van der Waals surface area contributed by atoms with Crippen LogP contribution < -0.4 is 9.47 Å². The van der Waals surface area contributed by atoms with Crippen LogP contribution in [0.4, 0.5) is 0 Å². The van der Waals surface area contributed by atoms with Crippen LogP contribution in [0.15, 0.2) is 12.1 Å². The van der Waals surface area contributed by atoms with Crippen molar-refractivity contribution in [3.05, 3.63) is 23.3 Å². The molecule has 0 bridgehead atoms. The maximum Gasteiger partial charge on any atom is 0.161 e. The van der Waals surface area contributed by atoms with Gasteiger partial charge in [-0.2, -0.15) is 0 Å². The minimum atomic E-state index is 0.643. The smallest absolute Gasteiger partial charge is 0.161 e. The molecular formula is C19H31NO2. The number of fused-ring (bicyclic) bond motifs is 1. The van der Waals surface area contributed by atoms with E-state index in [-0.39, 0.29) is 0 Å². The second kappa shape index (κ2) is 8.42. The fraction of sp³-hybridized carbons (Fsp3) is 0.684. The van der Waals surface area contributed by atoms with Gasteiger partial charge < -0.3 is 9.47 Å². The lowest BCUT2D eigenvalue weighted by atomic mass is 10.1. The van der Waals surface area contributed by atoms with Crippen molar-refractivity contribution in [2.24, 2.45) is 0 Å². The van der Waals surface area contributed by atoms with Gasteiger partial charge in [-0.1, -0.05) is 26.7 Å². The van der Waals surface area contributed by atoms with Crippen molar-refractivity contribution in [3.8, 4) is 11.5 Å². The highest BCUT2D eigenvalue weighted by atomic mass is 16.5. The van der Waals surface area contributed by atoms with Crippen molar-refractivity contribution in [3.63, 3.8) is 0 Å². The summed E-state index contributed by atoms with van der Waals surface area (Å²) in [6.45, 7) is 7.00. The molecule has 0 heterocycles. The van der Waals surface area contributed by atoms with Crippen LogP contribution in [0.25, 0.3) is 0 Å². The summed E-state index contributed by atoms with van der Waals surface area (Å²) < 4.78 is 10.9. The topological polar surface area (TPSA) is 21.7 Å². The van der Waals surface area contributed by atoms with Gasteiger partial charge in [0.25, 0.3) is 0 Å². The fourth-order valence-electron chi connectivity index (χ4n) is 3.38. The Morgan fingerprint density at radius 1 is 0.909 bits per heavy atom. The molecule has 1 aliphatic carbocycles. The van der Waals surface area contributed by atoms with Crippen molar-refractivity contribution >= 4 is 0 Å². The van der Waals surface area contributed by atoms with Gasteiger partial charge in [0, 0.05) is 6.04 Å². The summed E-state index contributed by atoms with van der Waals surface area (Å²) in [5.41, 5.74) is 2.86. The molecule has 0 aromatic heterocycles. The molecule has 2 rings (SSSR count). The standard InChI is InChI=1S/C19H31NO2/c1-5-7-9-20(10-8-6-2)17-11-15-13-18(21-3)19(22-4)14-16(15)12-17/h13-14,17H,5-12H2,1-4H3. The molecule has 0 fully saturated rings. The molecule has 1 aromatic rings. The van der Waals surface area contributed by atoms with Crippen LogP contribution in [0, 0.1) is 0 Å². The Balaban J connectivity index is 2.11. The van der Waals surface area contributed by atoms with Crippen molar-refractivity contribution < 1.29 is 9.47 Å². The zero-order valence-electron chi connectivity index (χ0n) is 14.7. The molecule has 3 heteroatoms. The van der Waals surface area contributed by atoms with E-state index in [1.165, 1.54) is 49.9 Å². The first-order valence-electron chi connectivity index (χ1n) is 8.71. The Kier molecular flexibility index (Phi) is 6.56. The van der Waals surface area contributed by atoms with E-state index in [2.05, 4.69) is 30.9 Å². The number of hydrogen-bond acceptors (Lipinski definition) is 3. The molecule has 3 nitrogen and oxygen atoms in total. The van der Waals surface area contributed by atoms with Gasteiger partial charge in [0.1, 0.15) is 0 Å². The lowest BCUT2D eigenvalue weighted by Gasteiger charge is -2.28. The normalized spacial score (nSPS) is 14.4. The molecule has 1 aliphatic rings. The van der Waals surface area contributed by atoms with E-state index in [4.69, 9.17) is 9.47 Å². The van der Waals surface area contributed by atoms with Crippen LogP contribution >= 0.6 is 0 Å². The van der Waals surface area contributed by atoms with E-state index in [9.17, 15) is 0 Å². The molecule has 0 spiro atoms. The van der Waals surface area contributed by atoms with Crippen molar-refractivity contribution in [2.45, 2.75) is 58.4 Å². The number of benzene rings is 1. The highest BCUT2D eigenvalue weighted by molar-refractivity contribution is 5.49. The first-order valence-corrected chi connectivity index (χ1v) is 8.71. The average molecular weight is 305 g/mol. The van der Waals surface area contributed by atoms with Gasteiger partial charge in [-0.3, -0.25) is 4.90 Å². The predicted octanol–water partition coefficient (Wildman–Crippen LogP) is 4.07. The maximum atomic E-state index is 5.45. The summed E-state index contributed by atoms with van der Waals surface area (Å²) in [4.78, 5) is 2.70. The molecule has 0 saturated heterocycles. The summed E-state index contributed by atoms with van der Waals surface area (Å²) in [5, 5.41) is 0. The zero-order chi connectivity index (χ0) is 15.9. The highest BCUT2D eigenvalue weighted by Crippen LogP contribution is 2.36. The molecule has 0 unspecified atom stereocenters. The SMILES string of the molecule is CCCCN(CCCC)C1Cc2cc(OC)c(OC)cc2C1. The Bertz CT molecular complexity index is 432. The summed E-state index contributed by atoms with van der Waals surface area (Å²) in [7, 11) is 3.43. The van der Waals surface area contributed by atoms with Crippen molar-refractivity contribution in [1.82, 2.24) is 4.90 Å².